The number of carbonyl (C=O) groups excluding carboxylic acids is 1. The summed E-state index contributed by atoms with van der Waals surface area (Å²) in [5, 5.41) is 9.44. The lowest BCUT2D eigenvalue weighted by atomic mass is 9.79. The lowest BCUT2D eigenvalue weighted by Crippen LogP contribution is -2.48. The van der Waals surface area contributed by atoms with Crippen molar-refractivity contribution in [2.75, 3.05) is 39.4 Å². The zero-order chi connectivity index (χ0) is 20.1. The minimum Gasteiger partial charge on any atom is -0.379 e. The molecule has 156 valence electrons. The molecule has 1 aliphatic heterocycles. The van der Waals surface area contributed by atoms with E-state index in [1.807, 2.05) is 0 Å². The van der Waals surface area contributed by atoms with Crippen molar-refractivity contribution >= 4 is 16.7 Å². The Hall–Kier alpha value is -1.95. The quantitative estimate of drug-likeness (QED) is 0.675. The van der Waals surface area contributed by atoms with Gasteiger partial charge < -0.3 is 15.4 Å². The summed E-state index contributed by atoms with van der Waals surface area (Å²) in [4.78, 5) is 14.8. The SMILES string of the molecule is C[C@@H](NC1CC(C(=O)NCCCN2CCOCC2)C1)c1cccc2ccccc12. The number of nitrogens with zero attached hydrogens (tertiary/aromatic N) is 1. The van der Waals surface area contributed by atoms with E-state index in [4.69, 9.17) is 4.74 Å². The van der Waals surface area contributed by atoms with Crippen molar-refractivity contribution in [3.05, 3.63) is 48.0 Å². The van der Waals surface area contributed by atoms with Crippen LogP contribution >= 0.6 is 0 Å². The van der Waals surface area contributed by atoms with Crippen LogP contribution < -0.4 is 10.6 Å². The second kappa shape index (κ2) is 9.70. The minimum absolute atomic E-state index is 0.163. The summed E-state index contributed by atoms with van der Waals surface area (Å²) in [6.45, 7) is 7.73. The normalized spacial score (nSPS) is 23.5. The number of morpholine rings is 1. The van der Waals surface area contributed by atoms with Crippen LogP contribution in [0, 0.1) is 5.92 Å². The van der Waals surface area contributed by atoms with Gasteiger partial charge in [0.15, 0.2) is 0 Å². The first kappa shape index (κ1) is 20.3. The van der Waals surface area contributed by atoms with Gasteiger partial charge in [-0.25, -0.2) is 0 Å². The van der Waals surface area contributed by atoms with Crippen LogP contribution in [0.5, 0.6) is 0 Å². The van der Waals surface area contributed by atoms with E-state index in [2.05, 4.69) is 64.9 Å². The fraction of sp³-hybridized carbons (Fsp3) is 0.542. The monoisotopic (exact) mass is 395 g/mol. The second-order valence-corrected chi connectivity index (χ2v) is 8.42. The molecular formula is C24H33N3O2. The molecule has 0 unspecified atom stereocenters. The molecule has 1 saturated heterocycles. The number of nitrogens with one attached hydrogen (secondary N) is 2. The Balaban J connectivity index is 1.17. The summed E-state index contributed by atoms with van der Waals surface area (Å²) >= 11 is 0. The maximum atomic E-state index is 12.4. The molecule has 2 aromatic rings. The van der Waals surface area contributed by atoms with E-state index in [1.165, 1.54) is 16.3 Å². The third kappa shape index (κ3) is 5.16. The van der Waals surface area contributed by atoms with Gasteiger partial charge in [0.2, 0.25) is 5.91 Å². The average molecular weight is 396 g/mol. The van der Waals surface area contributed by atoms with Gasteiger partial charge in [-0.1, -0.05) is 42.5 Å². The molecular weight excluding hydrogens is 362 g/mol. The average Bonchev–Trinajstić information content (AvgIpc) is 2.73. The molecule has 4 rings (SSSR count). The Morgan fingerprint density at radius 3 is 2.72 bits per heavy atom. The molecule has 5 heteroatoms. The van der Waals surface area contributed by atoms with Gasteiger partial charge >= 0.3 is 0 Å². The highest BCUT2D eigenvalue weighted by atomic mass is 16.5. The first-order chi connectivity index (χ1) is 14.2. The summed E-state index contributed by atoms with van der Waals surface area (Å²) in [5.41, 5.74) is 1.33. The third-order valence-electron chi connectivity index (χ3n) is 6.34. The highest BCUT2D eigenvalue weighted by Gasteiger charge is 2.35. The van der Waals surface area contributed by atoms with E-state index in [1.54, 1.807) is 0 Å². The highest BCUT2D eigenvalue weighted by Crippen LogP contribution is 2.31. The van der Waals surface area contributed by atoms with Crippen molar-refractivity contribution in [2.24, 2.45) is 5.92 Å². The molecule has 1 amide bonds. The Labute approximate surface area is 173 Å². The number of hydrogen-bond donors (Lipinski definition) is 2. The Morgan fingerprint density at radius 1 is 1.14 bits per heavy atom. The molecule has 2 N–H and O–H groups in total. The topological polar surface area (TPSA) is 53.6 Å². The summed E-state index contributed by atoms with van der Waals surface area (Å²) in [7, 11) is 0. The number of amides is 1. The van der Waals surface area contributed by atoms with Crippen molar-refractivity contribution in [1.82, 2.24) is 15.5 Å². The molecule has 2 aliphatic rings. The van der Waals surface area contributed by atoms with Crippen LogP contribution in [0.15, 0.2) is 42.5 Å². The molecule has 1 saturated carbocycles. The van der Waals surface area contributed by atoms with Crippen molar-refractivity contribution in [1.29, 1.82) is 0 Å². The molecule has 0 bridgehead atoms. The molecule has 1 atom stereocenters. The second-order valence-electron chi connectivity index (χ2n) is 8.42. The van der Waals surface area contributed by atoms with Crippen LogP contribution in [-0.2, 0) is 9.53 Å². The number of carbonyl (C=O) groups is 1. The van der Waals surface area contributed by atoms with Crippen molar-refractivity contribution < 1.29 is 9.53 Å². The predicted molar refractivity (Wildman–Crippen MR) is 117 cm³/mol. The number of fused-ring (bicyclic) bond motifs is 1. The van der Waals surface area contributed by atoms with Crippen LogP contribution in [0.3, 0.4) is 0 Å². The van der Waals surface area contributed by atoms with Gasteiger partial charge in [0.05, 0.1) is 13.2 Å². The van der Waals surface area contributed by atoms with Gasteiger partial charge in [0.25, 0.3) is 0 Å². The van der Waals surface area contributed by atoms with E-state index in [9.17, 15) is 4.79 Å². The fourth-order valence-corrected chi connectivity index (χ4v) is 4.52. The van der Waals surface area contributed by atoms with Gasteiger partial charge in [-0.15, -0.1) is 0 Å². The van der Waals surface area contributed by atoms with Gasteiger partial charge in [-0.05, 0) is 49.1 Å². The lowest BCUT2D eigenvalue weighted by molar-refractivity contribution is -0.128. The van der Waals surface area contributed by atoms with Crippen molar-refractivity contribution in [3.63, 3.8) is 0 Å². The predicted octanol–water partition coefficient (Wildman–Crippen LogP) is 3.11. The lowest BCUT2D eigenvalue weighted by Gasteiger charge is -2.37. The minimum atomic E-state index is 0.163. The Morgan fingerprint density at radius 2 is 1.90 bits per heavy atom. The molecule has 0 spiro atoms. The molecule has 2 fully saturated rings. The maximum absolute atomic E-state index is 12.4. The molecule has 1 heterocycles. The molecule has 2 aromatic carbocycles. The van der Waals surface area contributed by atoms with Crippen molar-refractivity contribution in [3.8, 4) is 0 Å². The van der Waals surface area contributed by atoms with Gasteiger partial charge in [0, 0.05) is 37.6 Å². The molecule has 29 heavy (non-hydrogen) atoms. The molecule has 0 aromatic heterocycles. The van der Waals surface area contributed by atoms with E-state index in [0.717, 1.165) is 58.7 Å². The van der Waals surface area contributed by atoms with E-state index in [-0.39, 0.29) is 17.9 Å². The van der Waals surface area contributed by atoms with Crippen molar-refractivity contribution in [2.45, 2.75) is 38.3 Å². The maximum Gasteiger partial charge on any atom is 0.223 e. The van der Waals surface area contributed by atoms with E-state index < -0.39 is 0 Å². The number of hydrogen-bond acceptors (Lipinski definition) is 4. The third-order valence-corrected chi connectivity index (χ3v) is 6.34. The Bertz CT molecular complexity index is 807. The van der Waals surface area contributed by atoms with E-state index in [0.29, 0.717) is 6.04 Å². The van der Waals surface area contributed by atoms with Crippen LogP contribution in [0.4, 0.5) is 0 Å². The number of ether oxygens (including phenoxy) is 1. The largest absolute Gasteiger partial charge is 0.379 e. The zero-order valence-corrected chi connectivity index (χ0v) is 17.4. The summed E-state index contributed by atoms with van der Waals surface area (Å²) in [6, 6.07) is 15.7. The zero-order valence-electron chi connectivity index (χ0n) is 17.4. The number of rotatable bonds is 8. The summed E-state index contributed by atoms with van der Waals surface area (Å²) < 4.78 is 5.37. The number of benzene rings is 2. The van der Waals surface area contributed by atoms with Gasteiger partial charge in [0.1, 0.15) is 0 Å². The van der Waals surface area contributed by atoms with E-state index >= 15 is 0 Å². The Kier molecular flexibility index (Phi) is 6.80. The van der Waals surface area contributed by atoms with Crippen LogP contribution in [0.25, 0.3) is 10.8 Å². The smallest absolute Gasteiger partial charge is 0.223 e. The molecule has 0 radical (unpaired) electrons. The van der Waals surface area contributed by atoms with Crippen LogP contribution in [0.1, 0.15) is 37.8 Å². The molecule has 5 nitrogen and oxygen atoms in total. The summed E-state index contributed by atoms with van der Waals surface area (Å²) in [5.74, 6) is 0.387. The van der Waals surface area contributed by atoms with Crippen LogP contribution in [0.2, 0.25) is 0 Å². The highest BCUT2D eigenvalue weighted by molar-refractivity contribution is 5.86. The van der Waals surface area contributed by atoms with Crippen LogP contribution in [-0.4, -0.2) is 56.2 Å². The molecule has 1 aliphatic carbocycles. The van der Waals surface area contributed by atoms with Gasteiger partial charge in [-0.2, -0.15) is 0 Å². The first-order valence-electron chi connectivity index (χ1n) is 11.0. The first-order valence-corrected chi connectivity index (χ1v) is 11.0. The summed E-state index contributed by atoms with van der Waals surface area (Å²) in [6.07, 6.45) is 2.88. The van der Waals surface area contributed by atoms with Gasteiger partial charge in [-0.3, -0.25) is 9.69 Å². The standard InChI is InChI=1S/C24H33N3O2/c1-18(22-9-4-7-19-6-2-3-8-23(19)22)26-21-16-20(17-21)24(28)25-10-5-11-27-12-14-29-15-13-27/h2-4,6-9,18,20-21,26H,5,10-17H2,1H3,(H,25,28)/t18-,20?,21?/m1/s1. The fourth-order valence-electron chi connectivity index (χ4n) is 4.52.